The number of halogens is 1. The molecule has 5 nitrogen and oxygen atoms in total. The maximum Gasteiger partial charge on any atom is 0.280 e. The third-order valence-corrected chi connectivity index (χ3v) is 5.31. The normalized spacial score (nSPS) is 13.9. The van der Waals surface area contributed by atoms with Crippen LogP contribution in [0.2, 0.25) is 0 Å². The summed E-state index contributed by atoms with van der Waals surface area (Å²) in [5.74, 6) is -0.328. The van der Waals surface area contributed by atoms with Crippen LogP contribution in [0.3, 0.4) is 0 Å². The summed E-state index contributed by atoms with van der Waals surface area (Å²) in [7, 11) is 0. The summed E-state index contributed by atoms with van der Waals surface area (Å²) in [5, 5.41) is 3.35. The summed E-state index contributed by atoms with van der Waals surface area (Å²) in [6.07, 6.45) is 1.21. The van der Waals surface area contributed by atoms with Crippen molar-refractivity contribution >= 4 is 23.2 Å². The van der Waals surface area contributed by atoms with Gasteiger partial charge in [-0.3, -0.25) is 14.0 Å². The minimum atomic E-state index is -0.624. The molecule has 0 aliphatic carbocycles. The van der Waals surface area contributed by atoms with Crippen molar-refractivity contribution in [3.63, 3.8) is 0 Å². The molecule has 1 aliphatic heterocycles. The quantitative estimate of drug-likeness (QED) is 0.889. The van der Waals surface area contributed by atoms with E-state index in [0.29, 0.717) is 37.5 Å². The lowest BCUT2D eigenvalue weighted by atomic mass is 10.2. The van der Waals surface area contributed by atoms with Gasteiger partial charge in [0.1, 0.15) is 0 Å². The second-order valence-electron chi connectivity index (χ2n) is 5.88. The van der Waals surface area contributed by atoms with Gasteiger partial charge in [0.15, 0.2) is 5.01 Å². The molecule has 2 heterocycles. The summed E-state index contributed by atoms with van der Waals surface area (Å²) in [6, 6.07) is 9.72. The first-order valence-electron chi connectivity index (χ1n) is 8.32. The Hall–Kier alpha value is -2.28. The Labute approximate surface area is 149 Å². The lowest BCUT2D eigenvalue weighted by molar-refractivity contribution is -0.131. The molecule has 132 valence electrons. The highest BCUT2D eigenvalue weighted by molar-refractivity contribution is 7.13. The maximum absolute atomic E-state index is 12.3. The largest absolute Gasteiger partial charge is 0.346 e. The van der Waals surface area contributed by atoms with Crippen LogP contribution in [-0.2, 0) is 24.2 Å². The van der Waals surface area contributed by atoms with Crippen molar-refractivity contribution in [2.45, 2.75) is 25.8 Å². The van der Waals surface area contributed by atoms with Crippen LogP contribution < -0.4 is 5.32 Å². The first-order chi connectivity index (χ1) is 12.2. The molecule has 2 amide bonds. The zero-order chi connectivity index (χ0) is 17.6. The van der Waals surface area contributed by atoms with Gasteiger partial charge in [-0.2, -0.15) is 0 Å². The predicted molar refractivity (Wildman–Crippen MR) is 94.3 cm³/mol. The highest BCUT2D eigenvalue weighted by Crippen LogP contribution is 2.23. The lowest BCUT2D eigenvalue weighted by Crippen LogP contribution is -2.33. The van der Waals surface area contributed by atoms with Crippen molar-refractivity contribution in [1.82, 2.24) is 15.2 Å². The van der Waals surface area contributed by atoms with E-state index in [2.05, 4.69) is 10.3 Å². The van der Waals surface area contributed by atoms with E-state index in [4.69, 9.17) is 0 Å². The molecule has 1 N–H and O–H groups in total. The number of carbonyl (C=O) groups excluding carboxylic acids is 2. The number of benzene rings is 1. The van der Waals surface area contributed by atoms with Gasteiger partial charge in [0, 0.05) is 37.4 Å². The summed E-state index contributed by atoms with van der Waals surface area (Å²) in [6.45, 7) is 0.927. The number of thiazole rings is 1. The molecular weight excluding hydrogens is 341 g/mol. The summed E-state index contributed by atoms with van der Waals surface area (Å²) < 4.78 is 12.3. The smallest absolute Gasteiger partial charge is 0.280 e. The molecule has 0 saturated carbocycles. The van der Waals surface area contributed by atoms with Gasteiger partial charge < -0.3 is 10.2 Å². The van der Waals surface area contributed by atoms with Gasteiger partial charge in [-0.1, -0.05) is 30.3 Å². The van der Waals surface area contributed by atoms with Gasteiger partial charge in [-0.25, -0.2) is 4.98 Å². The molecule has 1 aromatic heterocycles. The van der Waals surface area contributed by atoms with Crippen LogP contribution in [0.4, 0.5) is 4.39 Å². The molecular formula is C18H20FN3O2S. The highest BCUT2D eigenvalue weighted by atomic mass is 32.1. The Morgan fingerprint density at radius 3 is 2.72 bits per heavy atom. The second kappa shape index (κ2) is 8.20. The zero-order valence-corrected chi connectivity index (χ0v) is 14.7. The minimum absolute atomic E-state index is 0.0613. The van der Waals surface area contributed by atoms with E-state index in [1.54, 1.807) is 4.90 Å². The lowest BCUT2D eigenvalue weighted by Gasteiger charge is -2.19. The van der Waals surface area contributed by atoms with Gasteiger partial charge in [0.05, 0.1) is 18.8 Å². The van der Waals surface area contributed by atoms with Crippen LogP contribution in [-0.4, -0.2) is 41.5 Å². The van der Waals surface area contributed by atoms with Gasteiger partial charge >= 0.3 is 0 Å². The topological polar surface area (TPSA) is 62.3 Å². The predicted octanol–water partition coefficient (Wildman–Crippen LogP) is 2.36. The molecule has 1 aromatic carbocycles. The van der Waals surface area contributed by atoms with Crippen molar-refractivity contribution in [2.75, 3.05) is 19.8 Å². The zero-order valence-electron chi connectivity index (χ0n) is 13.8. The van der Waals surface area contributed by atoms with Crippen molar-refractivity contribution in [1.29, 1.82) is 0 Å². The van der Waals surface area contributed by atoms with Gasteiger partial charge in [0.25, 0.3) is 5.91 Å². The summed E-state index contributed by atoms with van der Waals surface area (Å²) in [4.78, 5) is 31.3. The monoisotopic (exact) mass is 361 g/mol. The number of fused-ring (bicyclic) bond motifs is 1. The molecule has 0 radical (unpaired) electrons. The molecule has 0 unspecified atom stereocenters. The Morgan fingerprint density at radius 2 is 1.96 bits per heavy atom. The Bertz CT molecular complexity index is 723. The summed E-state index contributed by atoms with van der Waals surface area (Å²) in [5.41, 5.74) is 1.92. The molecule has 0 atom stereocenters. The van der Waals surface area contributed by atoms with Crippen LogP contribution in [0.1, 0.15) is 32.4 Å². The third-order valence-electron chi connectivity index (χ3n) is 4.16. The highest BCUT2D eigenvalue weighted by Gasteiger charge is 2.23. The number of hydrogen-bond donors (Lipinski definition) is 1. The fourth-order valence-electron chi connectivity index (χ4n) is 2.80. The molecule has 0 fully saturated rings. The number of aromatic nitrogens is 1. The molecule has 2 aromatic rings. The number of nitrogens with one attached hydrogen (secondary N) is 1. The molecule has 1 aliphatic rings. The maximum atomic E-state index is 12.3. The number of nitrogens with zero attached hydrogens (tertiary/aromatic N) is 2. The van der Waals surface area contributed by atoms with Crippen LogP contribution in [0.25, 0.3) is 0 Å². The Balaban J connectivity index is 1.59. The SMILES string of the molecule is O=C(NCc1ccccc1)c1nc2c(s1)CCN(C(=O)CCF)CC2. The molecule has 25 heavy (non-hydrogen) atoms. The van der Waals surface area contributed by atoms with E-state index in [9.17, 15) is 14.0 Å². The number of rotatable bonds is 5. The number of hydrogen-bond acceptors (Lipinski definition) is 4. The van der Waals surface area contributed by atoms with Crippen molar-refractivity contribution in [3.8, 4) is 0 Å². The Kier molecular flexibility index (Phi) is 5.75. The first kappa shape index (κ1) is 17.5. The van der Waals surface area contributed by atoms with Crippen LogP contribution in [0.15, 0.2) is 30.3 Å². The van der Waals surface area contributed by atoms with Gasteiger partial charge in [-0.05, 0) is 5.56 Å². The van der Waals surface area contributed by atoms with E-state index in [1.807, 2.05) is 30.3 Å². The fraction of sp³-hybridized carbons (Fsp3) is 0.389. The Morgan fingerprint density at radius 1 is 1.20 bits per heavy atom. The number of alkyl halides is 1. The van der Waals surface area contributed by atoms with E-state index in [0.717, 1.165) is 16.1 Å². The van der Waals surface area contributed by atoms with Crippen LogP contribution >= 0.6 is 11.3 Å². The minimum Gasteiger partial charge on any atom is -0.346 e. The number of carbonyl (C=O) groups is 2. The van der Waals surface area contributed by atoms with E-state index in [1.165, 1.54) is 11.3 Å². The molecule has 3 rings (SSSR count). The van der Waals surface area contributed by atoms with E-state index in [-0.39, 0.29) is 18.2 Å². The van der Waals surface area contributed by atoms with E-state index < -0.39 is 6.67 Å². The summed E-state index contributed by atoms with van der Waals surface area (Å²) >= 11 is 1.38. The van der Waals surface area contributed by atoms with Crippen molar-refractivity contribution in [2.24, 2.45) is 0 Å². The third kappa shape index (κ3) is 4.42. The first-order valence-corrected chi connectivity index (χ1v) is 9.13. The standard InChI is InChI=1S/C18H20FN3O2S/c19-9-6-16(23)22-10-7-14-15(8-11-22)25-18(21-14)17(24)20-12-13-4-2-1-3-5-13/h1-5H,6-12H2,(H,20,24). The number of amides is 2. The van der Waals surface area contributed by atoms with E-state index >= 15 is 0 Å². The average molecular weight is 361 g/mol. The van der Waals surface area contributed by atoms with Crippen molar-refractivity contribution in [3.05, 3.63) is 51.5 Å². The molecule has 0 saturated heterocycles. The second-order valence-corrected chi connectivity index (χ2v) is 6.96. The molecule has 0 bridgehead atoms. The fourth-order valence-corrected chi connectivity index (χ4v) is 3.82. The van der Waals surface area contributed by atoms with Crippen LogP contribution in [0.5, 0.6) is 0 Å². The average Bonchev–Trinajstić information content (AvgIpc) is 2.94. The van der Waals surface area contributed by atoms with Gasteiger partial charge in [0.2, 0.25) is 5.91 Å². The van der Waals surface area contributed by atoms with Crippen LogP contribution in [0, 0.1) is 0 Å². The van der Waals surface area contributed by atoms with Crippen molar-refractivity contribution < 1.29 is 14.0 Å². The molecule has 7 heteroatoms. The molecule has 0 spiro atoms. The van der Waals surface area contributed by atoms with Gasteiger partial charge in [-0.15, -0.1) is 11.3 Å².